The molecule has 0 saturated heterocycles. The van der Waals surface area contributed by atoms with Crippen molar-refractivity contribution in [1.82, 2.24) is 24.4 Å². The Kier molecular flexibility index (Phi) is 5.43. The average molecular weight is 441 g/mol. The van der Waals surface area contributed by atoms with Crippen LogP contribution in [0.25, 0.3) is 22.6 Å². The van der Waals surface area contributed by atoms with E-state index in [2.05, 4.69) is 27.6 Å². The second-order valence-corrected chi connectivity index (χ2v) is 8.22. The highest BCUT2D eigenvalue weighted by molar-refractivity contribution is 7.99. The third-order valence-corrected chi connectivity index (χ3v) is 5.88. The van der Waals surface area contributed by atoms with Crippen LogP contribution in [-0.2, 0) is 4.79 Å². The van der Waals surface area contributed by atoms with E-state index in [0.717, 1.165) is 22.6 Å². The van der Waals surface area contributed by atoms with Crippen molar-refractivity contribution in [1.29, 1.82) is 0 Å². The Hall–Kier alpha value is -3.91. The quantitative estimate of drug-likeness (QED) is 0.390. The summed E-state index contributed by atoms with van der Waals surface area (Å²) in [7, 11) is 0. The van der Waals surface area contributed by atoms with Gasteiger partial charge in [0.05, 0.1) is 17.1 Å². The Morgan fingerprint density at radius 3 is 2.56 bits per heavy atom. The van der Waals surface area contributed by atoms with E-state index in [1.165, 1.54) is 17.3 Å². The number of fused-ring (bicyclic) bond motifs is 1. The highest BCUT2D eigenvalue weighted by Gasteiger charge is 2.15. The molecule has 5 aromatic rings. The highest BCUT2D eigenvalue weighted by Crippen LogP contribution is 2.26. The number of aromatic nitrogens is 5. The Morgan fingerprint density at radius 2 is 1.75 bits per heavy atom. The van der Waals surface area contributed by atoms with Gasteiger partial charge in [0.1, 0.15) is 5.82 Å². The van der Waals surface area contributed by atoms with Crippen molar-refractivity contribution in [3.63, 3.8) is 0 Å². The molecule has 1 amide bonds. The first-order valence-electron chi connectivity index (χ1n) is 10.1. The Balaban J connectivity index is 1.39. The lowest BCUT2D eigenvalue weighted by molar-refractivity contribution is -0.113. The van der Waals surface area contributed by atoms with Crippen LogP contribution in [0.3, 0.4) is 0 Å². The van der Waals surface area contributed by atoms with E-state index in [9.17, 15) is 4.79 Å². The molecule has 3 aromatic heterocycles. The minimum atomic E-state index is -0.143. The molecule has 5 rings (SSSR count). The second kappa shape index (κ2) is 8.68. The number of nitrogens with one attached hydrogen (secondary N) is 1. The molecule has 2 aromatic carbocycles. The number of benzene rings is 2. The lowest BCUT2D eigenvalue weighted by Gasteiger charge is -2.08. The lowest BCUT2D eigenvalue weighted by atomic mass is 10.1. The van der Waals surface area contributed by atoms with Crippen LogP contribution in [0.5, 0.6) is 0 Å². The minimum Gasteiger partial charge on any atom is -0.310 e. The number of amides is 1. The highest BCUT2D eigenvalue weighted by atomic mass is 32.2. The van der Waals surface area contributed by atoms with E-state index in [1.807, 2.05) is 84.3 Å². The van der Waals surface area contributed by atoms with Crippen molar-refractivity contribution in [2.75, 3.05) is 11.1 Å². The molecule has 0 unspecified atom stereocenters. The number of aryl methyl sites for hydroxylation is 1. The maximum absolute atomic E-state index is 12.8. The molecule has 8 heteroatoms. The molecule has 0 aliphatic carbocycles. The van der Waals surface area contributed by atoms with Crippen LogP contribution in [0.2, 0.25) is 0 Å². The predicted octanol–water partition coefficient (Wildman–Crippen LogP) is 4.62. The smallest absolute Gasteiger partial charge is 0.236 e. The summed E-state index contributed by atoms with van der Waals surface area (Å²) >= 11 is 1.34. The van der Waals surface area contributed by atoms with Crippen molar-refractivity contribution >= 4 is 29.1 Å². The van der Waals surface area contributed by atoms with Gasteiger partial charge in [0.15, 0.2) is 10.8 Å². The zero-order valence-corrected chi connectivity index (χ0v) is 18.2. The molecule has 7 nitrogen and oxygen atoms in total. The first-order valence-corrected chi connectivity index (χ1v) is 11.1. The van der Waals surface area contributed by atoms with Crippen LogP contribution in [0.15, 0.2) is 90.2 Å². The number of nitrogens with zero attached hydrogens (tertiary/aromatic N) is 5. The number of hydrogen-bond acceptors (Lipinski definition) is 5. The molecule has 0 fully saturated rings. The van der Waals surface area contributed by atoms with E-state index >= 15 is 0 Å². The SMILES string of the molecule is Cc1ccc(-c2cc(NC(=O)CSc3nnc4ccccn34)n(-c3ccccc3)n2)cc1. The van der Waals surface area contributed by atoms with Crippen LogP contribution < -0.4 is 5.32 Å². The topological polar surface area (TPSA) is 77.1 Å². The van der Waals surface area contributed by atoms with Gasteiger partial charge in [-0.2, -0.15) is 5.10 Å². The Labute approximate surface area is 189 Å². The molecule has 32 heavy (non-hydrogen) atoms. The second-order valence-electron chi connectivity index (χ2n) is 7.28. The third-order valence-electron chi connectivity index (χ3n) is 4.94. The fourth-order valence-corrected chi connectivity index (χ4v) is 4.05. The average Bonchev–Trinajstić information content (AvgIpc) is 3.43. The van der Waals surface area contributed by atoms with Gasteiger partial charge >= 0.3 is 0 Å². The lowest BCUT2D eigenvalue weighted by Crippen LogP contribution is -2.17. The number of thioether (sulfide) groups is 1. The number of carbonyl (C=O) groups is 1. The third kappa shape index (κ3) is 4.13. The van der Waals surface area contributed by atoms with Crippen LogP contribution in [0.1, 0.15) is 5.56 Å². The summed E-state index contributed by atoms with van der Waals surface area (Å²) in [5.41, 5.74) is 4.59. The fraction of sp³-hybridized carbons (Fsp3) is 0.0833. The molecule has 0 spiro atoms. The Bertz CT molecular complexity index is 1370. The van der Waals surface area contributed by atoms with Crippen molar-refractivity contribution in [3.05, 3.63) is 90.6 Å². The monoisotopic (exact) mass is 440 g/mol. The van der Waals surface area contributed by atoms with Crippen LogP contribution >= 0.6 is 11.8 Å². The maximum Gasteiger partial charge on any atom is 0.236 e. The van der Waals surface area contributed by atoms with Crippen molar-refractivity contribution in [2.24, 2.45) is 0 Å². The first kappa shape index (κ1) is 20.0. The molecule has 0 bridgehead atoms. The largest absolute Gasteiger partial charge is 0.310 e. The molecule has 158 valence electrons. The van der Waals surface area contributed by atoms with Crippen molar-refractivity contribution < 1.29 is 4.79 Å². The van der Waals surface area contributed by atoms with Gasteiger partial charge < -0.3 is 5.32 Å². The van der Waals surface area contributed by atoms with Gasteiger partial charge in [-0.05, 0) is 31.2 Å². The van der Waals surface area contributed by atoms with Gasteiger partial charge in [-0.25, -0.2) is 4.68 Å². The van der Waals surface area contributed by atoms with E-state index in [0.29, 0.717) is 11.0 Å². The number of anilines is 1. The standard InChI is InChI=1S/C24H20N6OS/c1-17-10-12-18(13-11-17)20-15-22(30(28-20)19-7-3-2-4-8-19)25-23(31)16-32-24-27-26-21-9-5-6-14-29(21)24/h2-15H,16H2,1H3,(H,25,31). The molecular weight excluding hydrogens is 420 g/mol. The summed E-state index contributed by atoms with van der Waals surface area (Å²) in [6, 6.07) is 25.5. The summed E-state index contributed by atoms with van der Waals surface area (Å²) in [4.78, 5) is 12.8. The van der Waals surface area contributed by atoms with E-state index in [-0.39, 0.29) is 11.7 Å². The molecule has 3 heterocycles. The van der Waals surface area contributed by atoms with E-state index in [4.69, 9.17) is 5.10 Å². The summed E-state index contributed by atoms with van der Waals surface area (Å²) in [5, 5.41) is 16.7. The molecule has 0 atom stereocenters. The molecule has 1 N–H and O–H groups in total. The van der Waals surface area contributed by atoms with Crippen molar-refractivity contribution in [2.45, 2.75) is 12.1 Å². The maximum atomic E-state index is 12.8. The molecular formula is C24H20N6OS. The van der Waals surface area contributed by atoms with Gasteiger partial charge in [0.25, 0.3) is 0 Å². The van der Waals surface area contributed by atoms with Gasteiger partial charge in [-0.3, -0.25) is 9.20 Å². The zero-order valence-electron chi connectivity index (χ0n) is 17.3. The van der Waals surface area contributed by atoms with E-state index < -0.39 is 0 Å². The number of pyridine rings is 1. The first-order chi connectivity index (χ1) is 15.7. The zero-order chi connectivity index (χ0) is 21.9. The summed E-state index contributed by atoms with van der Waals surface area (Å²) < 4.78 is 3.62. The Morgan fingerprint density at radius 1 is 0.969 bits per heavy atom. The number of rotatable bonds is 6. The van der Waals surface area contributed by atoms with Gasteiger partial charge in [0, 0.05) is 17.8 Å². The van der Waals surface area contributed by atoms with E-state index in [1.54, 1.807) is 4.68 Å². The summed E-state index contributed by atoms with van der Waals surface area (Å²) in [5.74, 6) is 0.675. The minimum absolute atomic E-state index is 0.143. The predicted molar refractivity (Wildman–Crippen MR) is 126 cm³/mol. The molecule has 0 saturated carbocycles. The van der Waals surface area contributed by atoms with Gasteiger partial charge in [-0.1, -0.05) is 65.9 Å². The van der Waals surface area contributed by atoms with Crippen LogP contribution in [0.4, 0.5) is 5.82 Å². The molecule has 0 aliphatic heterocycles. The normalized spacial score (nSPS) is 11.0. The number of hydrogen-bond donors (Lipinski definition) is 1. The van der Waals surface area contributed by atoms with Crippen LogP contribution in [-0.4, -0.2) is 36.0 Å². The van der Waals surface area contributed by atoms with Crippen molar-refractivity contribution in [3.8, 4) is 16.9 Å². The molecule has 0 aliphatic rings. The van der Waals surface area contributed by atoms with Gasteiger partial charge in [0.2, 0.25) is 5.91 Å². The van der Waals surface area contributed by atoms with Gasteiger partial charge in [-0.15, -0.1) is 10.2 Å². The summed E-state index contributed by atoms with van der Waals surface area (Å²) in [6.07, 6.45) is 1.88. The molecule has 0 radical (unpaired) electrons. The number of carbonyl (C=O) groups excluding carboxylic acids is 1. The van der Waals surface area contributed by atoms with Crippen LogP contribution in [0, 0.1) is 6.92 Å². The number of para-hydroxylation sites is 1. The summed E-state index contributed by atoms with van der Waals surface area (Å²) in [6.45, 7) is 2.05. The fourth-order valence-electron chi connectivity index (χ4n) is 3.33.